The van der Waals surface area contributed by atoms with Crippen molar-refractivity contribution in [2.24, 2.45) is 0 Å². The molecule has 0 N–H and O–H groups in total. The summed E-state index contributed by atoms with van der Waals surface area (Å²) in [4.78, 5) is 5.16. The average molecular weight is 664 g/mol. The lowest BCUT2D eigenvalue weighted by molar-refractivity contribution is 0.671. The first-order chi connectivity index (χ1) is 25.7. The molecule has 3 heterocycles. The number of nitrogens with zero attached hydrogens (tertiary/aromatic N) is 3. The maximum Gasteiger partial charge on any atom is 0.160 e. The highest BCUT2D eigenvalue weighted by Gasteiger charge is 2.20. The fourth-order valence-electron chi connectivity index (χ4n) is 7.55. The lowest BCUT2D eigenvalue weighted by Gasteiger charge is -2.16. The van der Waals surface area contributed by atoms with E-state index in [-0.39, 0.29) is 0 Å². The fourth-order valence-corrected chi connectivity index (χ4v) is 7.55. The Bertz CT molecular complexity index is 2960. The van der Waals surface area contributed by atoms with Crippen LogP contribution in [-0.4, -0.2) is 9.55 Å². The summed E-state index contributed by atoms with van der Waals surface area (Å²) in [5.41, 5.74) is 13.4. The molecule has 0 aliphatic rings. The van der Waals surface area contributed by atoms with Crippen molar-refractivity contribution >= 4 is 43.7 Å². The first kappa shape index (κ1) is 29.7. The lowest BCUT2D eigenvalue weighted by Crippen LogP contribution is -1.97. The minimum atomic E-state index is 0.618. The second-order valence-electron chi connectivity index (χ2n) is 13.1. The summed E-state index contributed by atoms with van der Waals surface area (Å²) in [7, 11) is 0. The van der Waals surface area contributed by atoms with Crippen LogP contribution in [-0.2, 0) is 0 Å². The van der Waals surface area contributed by atoms with Crippen LogP contribution in [0.2, 0.25) is 0 Å². The first-order valence-electron chi connectivity index (χ1n) is 17.3. The van der Waals surface area contributed by atoms with E-state index in [9.17, 15) is 5.26 Å². The molecule has 0 aliphatic carbocycles. The van der Waals surface area contributed by atoms with Crippen LogP contribution in [0.3, 0.4) is 0 Å². The third-order valence-electron chi connectivity index (χ3n) is 9.98. The molecule has 52 heavy (non-hydrogen) atoms. The van der Waals surface area contributed by atoms with Gasteiger partial charge < -0.3 is 8.98 Å². The van der Waals surface area contributed by atoms with E-state index in [0.717, 1.165) is 94.2 Å². The number of aromatic nitrogens is 2. The van der Waals surface area contributed by atoms with E-state index in [1.54, 1.807) is 0 Å². The summed E-state index contributed by atoms with van der Waals surface area (Å²) < 4.78 is 9.02. The van der Waals surface area contributed by atoms with Crippen LogP contribution >= 0.6 is 0 Å². The van der Waals surface area contributed by atoms with Gasteiger partial charge in [0, 0.05) is 38.4 Å². The first-order valence-corrected chi connectivity index (χ1v) is 17.3. The van der Waals surface area contributed by atoms with Crippen molar-refractivity contribution in [2.45, 2.75) is 0 Å². The SMILES string of the molecule is N#Cc1cccc(-c2cc(-c3cc(-c4ccccc4)nc(-c4ccccc4)c3)cc(-n3c4ccccc4c4ccc5c6ccccc6oc5c43)c2)c1. The third kappa shape index (κ3) is 4.87. The van der Waals surface area contributed by atoms with E-state index in [2.05, 4.69) is 120 Å². The number of furan rings is 1. The van der Waals surface area contributed by atoms with Crippen LogP contribution in [0.5, 0.6) is 0 Å². The topological polar surface area (TPSA) is 54.8 Å². The second kappa shape index (κ2) is 12.0. The molecule has 4 nitrogen and oxygen atoms in total. The van der Waals surface area contributed by atoms with Crippen molar-refractivity contribution in [1.29, 1.82) is 5.26 Å². The molecule has 3 aromatic heterocycles. The zero-order chi connectivity index (χ0) is 34.6. The van der Waals surface area contributed by atoms with Gasteiger partial charge in [-0.2, -0.15) is 5.26 Å². The smallest absolute Gasteiger partial charge is 0.160 e. The van der Waals surface area contributed by atoms with Gasteiger partial charge in [0.2, 0.25) is 0 Å². The van der Waals surface area contributed by atoms with Crippen LogP contribution in [0.25, 0.3) is 94.2 Å². The van der Waals surface area contributed by atoms with Gasteiger partial charge in [-0.1, -0.05) is 115 Å². The maximum atomic E-state index is 9.85. The van der Waals surface area contributed by atoms with Gasteiger partial charge in [-0.3, -0.25) is 0 Å². The highest BCUT2D eigenvalue weighted by Crippen LogP contribution is 2.42. The van der Waals surface area contributed by atoms with Crippen LogP contribution in [0.1, 0.15) is 5.56 Å². The molecule has 242 valence electrons. The minimum absolute atomic E-state index is 0.618. The molecule has 7 aromatic carbocycles. The van der Waals surface area contributed by atoms with E-state index in [1.165, 1.54) is 0 Å². The quantitative estimate of drug-likeness (QED) is 0.184. The van der Waals surface area contributed by atoms with Crippen molar-refractivity contribution in [3.05, 3.63) is 181 Å². The van der Waals surface area contributed by atoms with E-state index in [4.69, 9.17) is 9.40 Å². The summed E-state index contributed by atoms with van der Waals surface area (Å²) in [6, 6.07) is 63.1. The summed E-state index contributed by atoms with van der Waals surface area (Å²) in [5.74, 6) is 0. The molecule has 0 saturated carbocycles. The number of para-hydroxylation sites is 2. The second-order valence-corrected chi connectivity index (χ2v) is 13.1. The van der Waals surface area contributed by atoms with Crippen molar-refractivity contribution in [3.63, 3.8) is 0 Å². The largest absolute Gasteiger partial charge is 0.454 e. The number of pyridine rings is 1. The third-order valence-corrected chi connectivity index (χ3v) is 9.98. The Hall–Kier alpha value is -7.22. The molecule has 0 amide bonds. The monoisotopic (exact) mass is 663 g/mol. The minimum Gasteiger partial charge on any atom is -0.454 e. The van der Waals surface area contributed by atoms with Gasteiger partial charge in [0.15, 0.2) is 5.58 Å². The Kier molecular flexibility index (Phi) is 6.84. The van der Waals surface area contributed by atoms with E-state index in [1.807, 2.05) is 66.7 Å². The number of benzene rings is 7. The molecule has 0 aliphatic heterocycles. The maximum absolute atomic E-state index is 9.85. The van der Waals surface area contributed by atoms with Crippen molar-refractivity contribution in [2.75, 3.05) is 0 Å². The summed E-state index contributed by atoms with van der Waals surface area (Å²) in [6.07, 6.45) is 0. The van der Waals surface area contributed by atoms with Crippen LogP contribution in [0, 0.1) is 11.3 Å². The summed E-state index contributed by atoms with van der Waals surface area (Å²) in [5, 5.41) is 14.3. The predicted octanol–water partition coefficient (Wildman–Crippen LogP) is 12.6. The predicted molar refractivity (Wildman–Crippen MR) is 212 cm³/mol. The van der Waals surface area contributed by atoms with Crippen molar-refractivity contribution in [1.82, 2.24) is 9.55 Å². The van der Waals surface area contributed by atoms with Gasteiger partial charge in [0.25, 0.3) is 0 Å². The Labute approximate surface area is 300 Å². The summed E-state index contributed by atoms with van der Waals surface area (Å²) >= 11 is 0. The standard InChI is InChI=1S/C48H29N3O/c49-30-31-12-11-17-34(24-31)35-25-36(37-28-43(32-13-3-1-4-14-32)50-44(29-37)33-15-5-2-6-16-33)27-38(26-35)51-45-20-9-7-18-39(45)41-22-23-42-40-19-8-10-21-46(40)52-48(42)47(41)51/h1-29H. The molecule has 0 radical (unpaired) electrons. The molecule has 10 rings (SSSR count). The van der Waals surface area contributed by atoms with Gasteiger partial charge in [-0.25, -0.2) is 4.98 Å². The van der Waals surface area contributed by atoms with Crippen LogP contribution in [0.4, 0.5) is 0 Å². The van der Waals surface area contributed by atoms with Gasteiger partial charge in [-0.15, -0.1) is 0 Å². The number of rotatable bonds is 5. The van der Waals surface area contributed by atoms with Crippen LogP contribution < -0.4 is 0 Å². The average Bonchev–Trinajstić information content (AvgIpc) is 3.77. The van der Waals surface area contributed by atoms with Gasteiger partial charge in [0.1, 0.15) is 5.58 Å². The molecule has 10 aromatic rings. The lowest BCUT2D eigenvalue weighted by atomic mass is 9.95. The van der Waals surface area contributed by atoms with E-state index in [0.29, 0.717) is 5.56 Å². The fraction of sp³-hybridized carbons (Fsp3) is 0. The zero-order valence-corrected chi connectivity index (χ0v) is 28.0. The van der Waals surface area contributed by atoms with Crippen molar-refractivity contribution in [3.8, 4) is 56.5 Å². The van der Waals surface area contributed by atoms with Gasteiger partial charge in [-0.05, 0) is 82.9 Å². The molecule has 4 heteroatoms. The molecule has 0 spiro atoms. The van der Waals surface area contributed by atoms with Crippen LogP contribution in [0.15, 0.2) is 180 Å². The number of fused-ring (bicyclic) bond motifs is 7. The Balaban J connectivity index is 1.30. The van der Waals surface area contributed by atoms with Gasteiger partial charge in [0.05, 0.1) is 34.1 Å². The molecular weight excluding hydrogens is 635 g/mol. The molecular formula is C48H29N3O. The van der Waals surface area contributed by atoms with E-state index >= 15 is 0 Å². The Morgan fingerprint density at radius 3 is 1.79 bits per heavy atom. The Morgan fingerprint density at radius 1 is 0.462 bits per heavy atom. The highest BCUT2D eigenvalue weighted by atomic mass is 16.3. The normalized spacial score (nSPS) is 11.4. The number of hydrogen-bond acceptors (Lipinski definition) is 3. The molecule has 0 unspecified atom stereocenters. The molecule has 0 saturated heterocycles. The summed E-state index contributed by atoms with van der Waals surface area (Å²) in [6.45, 7) is 0. The van der Waals surface area contributed by atoms with Gasteiger partial charge >= 0.3 is 0 Å². The zero-order valence-electron chi connectivity index (χ0n) is 28.0. The molecule has 0 fully saturated rings. The highest BCUT2D eigenvalue weighted by molar-refractivity contribution is 6.21. The van der Waals surface area contributed by atoms with E-state index < -0.39 is 0 Å². The van der Waals surface area contributed by atoms with Crippen molar-refractivity contribution < 1.29 is 4.42 Å². The number of hydrogen-bond donors (Lipinski definition) is 0. The molecule has 0 atom stereocenters. The Morgan fingerprint density at radius 2 is 1.06 bits per heavy atom. The molecule has 0 bridgehead atoms. The number of nitriles is 1.